The Kier molecular flexibility index (Phi) is 7.43. The summed E-state index contributed by atoms with van der Waals surface area (Å²) in [6.45, 7) is 0.444. The van der Waals surface area contributed by atoms with E-state index in [1.165, 1.54) is 12.6 Å². The molecule has 2 aromatic rings. The van der Waals surface area contributed by atoms with Crippen molar-refractivity contribution in [2.45, 2.75) is 49.7 Å². The van der Waals surface area contributed by atoms with Crippen LogP contribution in [0.15, 0.2) is 12.3 Å². The van der Waals surface area contributed by atoms with Crippen LogP contribution in [0, 0.1) is 11.8 Å². The van der Waals surface area contributed by atoms with Gasteiger partial charge in [-0.3, -0.25) is 9.13 Å². The van der Waals surface area contributed by atoms with Crippen LogP contribution in [-0.4, -0.2) is 89.5 Å². The number of rotatable bonds is 8. The van der Waals surface area contributed by atoms with Gasteiger partial charge in [0.15, 0.2) is 23.4 Å². The number of pyridine rings is 1. The molecule has 1 aliphatic carbocycles. The summed E-state index contributed by atoms with van der Waals surface area (Å²) in [6, 6.07) is 1.68. The number of aliphatic hydroxyl groups is 2. The fraction of sp³-hybridized carbons (Fsp3) is 0.700. The molecule has 212 valence electrons. The highest BCUT2D eigenvalue weighted by atomic mass is 35.5. The van der Waals surface area contributed by atoms with Crippen LogP contribution in [0.5, 0.6) is 0 Å². The molecule has 5 rings (SSSR count). The van der Waals surface area contributed by atoms with E-state index in [-0.39, 0.29) is 10.8 Å². The zero-order valence-corrected chi connectivity index (χ0v) is 22.3. The smallest absolute Gasteiger partial charge is 0.340 e. The van der Waals surface area contributed by atoms with Crippen LogP contribution in [0.1, 0.15) is 25.5 Å². The van der Waals surface area contributed by atoms with Gasteiger partial charge in [-0.2, -0.15) is 5.10 Å². The number of fused-ring (bicyclic) bond motifs is 2. The summed E-state index contributed by atoms with van der Waals surface area (Å²) >= 11 is 6.29. The van der Waals surface area contributed by atoms with Gasteiger partial charge < -0.3 is 39.1 Å². The van der Waals surface area contributed by atoms with E-state index in [0.29, 0.717) is 17.2 Å². The summed E-state index contributed by atoms with van der Waals surface area (Å²) in [5, 5.41) is 26.2. The monoisotopic (exact) mass is 602 g/mol. The minimum atomic E-state index is -4.99. The lowest BCUT2D eigenvalue weighted by Crippen LogP contribution is -2.55. The van der Waals surface area contributed by atoms with Crippen LogP contribution in [0.4, 0.5) is 14.5 Å². The van der Waals surface area contributed by atoms with Crippen molar-refractivity contribution in [2.24, 2.45) is 11.8 Å². The van der Waals surface area contributed by atoms with Crippen molar-refractivity contribution in [3.8, 4) is 0 Å². The summed E-state index contributed by atoms with van der Waals surface area (Å²) in [5.74, 6) is -0.456. The standard InChI is InChI=1S/C20H27ClF2N4O9P2/c21-15-4-13(26-6-10-2-1-3-11(10)7-26)12-5-24-27(17(12)25-15)18-16(28)20(29,19(22)23)14(36-18)8-35-38(33,34)9-37(30,31)32/h4-5,10-11,14,16,18-19,28-29H,1-3,6-9H2,(H,33,34)(H2,30,31,32)/t10-,11+,14-,16+,18-,20-/m1/s1. The van der Waals surface area contributed by atoms with E-state index in [2.05, 4.69) is 19.5 Å². The van der Waals surface area contributed by atoms with Gasteiger partial charge in [-0.1, -0.05) is 18.0 Å². The third-order valence-electron chi connectivity index (χ3n) is 7.53. The maximum Gasteiger partial charge on any atom is 0.340 e. The number of aromatic nitrogens is 3. The summed E-state index contributed by atoms with van der Waals surface area (Å²) in [7, 11) is -9.96. The molecule has 3 fully saturated rings. The topological polar surface area (TPSA) is 188 Å². The number of hydrogen-bond donors (Lipinski definition) is 5. The zero-order valence-electron chi connectivity index (χ0n) is 19.8. The Balaban J connectivity index is 1.44. The third-order valence-corrected chi connectivity index (χ3v) is 11.2. The Hall–Kier alpha value is -1.25. The lowest BCUT2D eigenvalue weighted by atomic mass is 9.93. The van der Waals surface area contributed by atoms with E-state index >= 15 is 0 Å². The lowest BCUT2D eigenvalue weighted by molar-refractivity contribution is -0.171. The molecule has 18 heteroatoms. The van der Waals surface area contributed by atoms with Gasteiger partial charge in [0, 0.05) is 13.1 Å². The third kappa shape index (κ3) is 5.14. The number of alkyl halides is 2. The van der Waals surface area contributed by atoms with E-state index in [1.807, 2.05) is 0 Å². The highest BCUT2D eigenvalue weighted by Gasteiger charge is 2.62. The molecule has 1 saturated carbocycles. The summed E-state index contributed by atoms with van der Waals surface area (Å²) in [5.41, 5.74) is -2.45. The van der Waals surface area contributed by atoms with Crippen LogP contribution >= 0.6 is 26.8 Å². The molecule has 1 unspecified atom stereocenters. The summed E-state index contributed by atoms with van der Waals surface area (Å²) < 4.78 is 62.2. The second-order valence-electron chi connectivity index (χ2n) is 10.0. The first kappa shape index (κ1) is 28.3. The van der Waals surface area contributed by atoms with Crippen molar-refractivity contribution in [2.75, 3.05) is 30.5 Å². The Bertz CT molecular complexity index is 1300. The van der Waals surface area contributed by atoms with Crippen molar-refractivity contribution >= 4 is 43.5 Å². The van der Waals surface area contributed by atoms with Crippen molar-refractivity contribution in [3.63, 3.8) is 0 Å². The molecular weight excluding hydrogens is 576 g/mol. The molecule has 0 spiro atoms. The molecule has 5 N–H and O–H groups in total. The molecule has 2 aliphatic heterocycles. The van der Waals surface area contributed by atoms with E-state index in [4.69, 9.17) is 26.1 Å². The second kappa shape index (κ2) is 9.99. The molecule has 2 aromatic heterocycles. The van der Waals surface area contributed by atoms with Crippen LogP contribution < -0.4 is 4.90 Å². The van der Waals surface area contributed by atoms with Crippen LogP contribution in [0.2, 0.25) is 5.15 Å². The molecule has 0 radical (unpaired) electrons. The molecule has 3 aliphatic rings. The average molecular weight is 603 g/mol. The fourth-order valence-corrected chi connectivity index (χ4v) is 8.45. The molecule has 0 aromatic carbocycles. The number of hydrogen-bond acceptors (Lipinski definition) is 9. The Morgan fingerprint density at radius 3 is 2.50 bits per heavy atom. The van der Waals surface area contributed by atoms with E-state index in [9.17, 15) is 33.0 Å². The van der Waals surface area contributed by atoms with Crippen molar-refractivity contribution < 1.29 is 52.1 Å². The number of ether oxygens (including phenoxy) is 1. The van der Waals surface area contributed by atoms with Crippen molar-refractivity contribution in [3.05, 3.63) is 17.4 Å². The predicted molar refractivity (Wildman–Crippen MR) is 129 cm³/mol. The number of aliphatic hydroxyl groups excluding tert-OH is 1. The number of halogens is 3. The molecule has 4 heterocycles. The van der Waals surface area contributed by atoms with Gasteiger partial charge in [-0.25, -0.2) is 18.4 Å². The second-order valence-corrected chi connectivity index (χ2v) is 14.4. The Labute approximate surface area is 220 Å². The first-order chi connectivity index (χ1) is 17.7. The lowest BCUT2D eigenvalue weighted by Gasteiger charge is -2.30. The van der Waals surface area contributed by atoms with Gasteiger partial charge in [0.1, 0.15) is 17.4 Å². The van der Waals surface area contributed by atoms with Crippen LogP contribution in [0.3, 0.4) is 0 Å². The van der Waals surface area contributed by atoms with Crippen LogP contribution in [0.25, 0.3) is 11.0 Å². The molecule has 38 heavy (non-hydrogen) atoms. The zero-order chi connectivity index (χ0) is 27.6. The minimum absolute atomic E-state index is 0.0847. The van der Waals surface area contributed by atoms with Gasteiger partial charge in [0.2, 0.25) is 0 Å². The quantitative estimate of drug-likeness (QED) is 0.218. The molecular formula is C20H27ClF2N4O9P2. The normalized spacial score (nSPS) is 33.4. The predicted octanol–water partition coefficient (Wildman–Crippen LogP) is 1.91. The largest absolute Gasteiger partial charge is 0.385 e. The maximum atomic E-state index is 14.0. The van der Waals surface area contributed by atoms with Crippen molar-refractivity contribution in [1.29, 1.82) is 0 Å². The van der Waals surface area contributed by atoms with Crippen LogP contribution in [-0.2, 0) is 18.4 Å². The molecule has 7 atom stereocenters. The highest BCUT2D eigenvalue weighted by molar-refractivity contribution is 7.70. The first-order valence-electron chi connectivity index (χ1n) is 11.8. The fourth-order valence-electron chi connectivity index (χ4n) is 5.71. The van der Waals surface area contributed by atoms with E-state index in [1.54, 1.807) is 6.07 Å². The minimum Gasteiger partial charge on any atom is -0.385 e. The molecule has 0 bridgehead atoms. The summed E-state index contributed by atoms with van der Waals surface area (Å²) in [6.07, 6.45) is -4.82. The SMILES string of the molecule is O=P(O)(O)CP(=O)(O)OC[C@H]1O[C@@H](n2ncc3c(N4C[C@H]5CCC[C@H]5C4)cc(Cl)nc32)[C@H](O)[C@@]1(O)C(F)F. The highest BCUT2D eigenvalue weighted by Crippen LogP contribution is 2.56. The van der Waals surface area contributed by atoms with Gasteiger partial charge in [0.05, 0.1) is 23.9 Å². The van der Waals surface area contributed by atoms with E-state index < -0.39 is 58.2 Å². The average Bonchev–Trinajstić information content (AvgIpc) is 3.54. The molecule has 0 amide bonds. The summed E-state index contributed by atoms with van der Waals surface area (Å²) in [4.78, 5) is 34.0. The molecule has 13 nitrogen and oxygen atoms in total. The first-order valence-corrected chi connectivity index (χ1v) is 15.8. The Morgan fingerprint density at radius 1 is 1.24 bits per heavy atom. The molecule has 2 saturated heterocycles. The maximum absolute atomic E-state index is 14.0. The van der Waals surface area contributed by atoms with E-state index in [0.717, 1.165) is 36.3 Å². The number of nitrogens with zero attached hydrogens (tertiary/aromatic N) is 4. The Morgan fingerprint density at radius 2 is 1.89 bits per heavy atom. The number of anilines is 1. The van der Waals surface area contributed by atoms with Crippen molar-refractivity contribution in [1.82, 2.24) is 14.8 Å². The van der Waals surface area contributed by atoms with Gasteiger partial charge in [-0.15, -0.1) is 0 Å². The van der Waals surface area contributed by atoms with Gasteiger partial charge >= 0.3 is 15.2 Å². The van der Waals surface area contributed by atoms with Gasteiger partial charge in [-0.05, 0) is 30.7 Å². The van der Waals surface area contributed by atoms with Gasteiger partial charge in [0.25, 0.3) is 6.43 Å².